The summed E-state index contributed by atoms with van der Waals surface area (Å²) in [6, 6.07) is 4.30. The minimum Gasteiger partial charge on any atom is -0.438 e. The van der Waals surface area contributed by atoms with Crippen LogP contribution in [0.1, 0.15) is 24.2 Å². The summed E-state index contributed by atoms with van der Waals surface area (Å²) >= 11 is 13.6. The SMILES string of the molecule is C#CC(C)(C)N(C(=O)OCI)C(=O)c1cc(Cl)cc(Cl)c1. The van der Waals surface area contributed by atoms with Gasteiger partial charge in [0.1, 0.15) is 10.2 Å². The van der Waals surface area contributed by atoms with E-state index in [-0.39, 0.29) is 20.2 Å². The van der Waals surface area contributed by atoms with Gasteiger partial charge >= 0.3 is 6.09 Å². The number of amides is 2. The van der Waals surface area contributed by atoms with Gasteiger partial charge in [0.25, 0.3) is 5.91 Å². The molecule has 0 N–H and O–H groups in total. The largest absolute Gasteiger partial charge is 0.438 e. The van der Waals surface area contributed by atoms with Crippen molar-refractivity contribution < 1.29 is 14.3 Å². The van der Waals surface area contributed by atoms with Crippen LogP contribution in [0.2, 0.25) is 10.0 Å². The van der Waals surface area contributed by atoms with Crippen molar-refractivity contribution in [1.82, 2.24) is 4.90 Å². The van der Waals surface area contributed by atoms with Crippen LogP contribution in [0.3, 0.4) is 0 Å². The van der Waals surface area contributed by atoms with Crippen LogP contribution in [0.4, 0.5) is 4.79 Å². The van der Waals surface area contributed by atoms with E-state index in [4.69, 9.17) is 34.4 Å². The molecule has 0 saturated heterocycles. The number of imide groups is 1. The van der Waals surface area contributed by atoms with E-state index >= 15 is 0 Å². The van der Waals surface area contributed by atoms with E-state index in [2.05, 4.69) is 5.92 Å². The van der Waals surface area contributed by atoms with Crippen molar-refractivity contribution in [1.29, 1.82) is 0 Å². The molecule has 0 aliphatic heterocycles. The number of halogens is 3. The molecule has 21 heavy (non-hydrogen) atoms. The summed E-state index contributed by atoms with van der Waals surface area (Å²) in [4.78, 5) is 25.5. The number of carbonyl (C=O) groups excluding carboxylic acids is 2. The summed E-state index contributed by atoms with van der Waals surface area (Å²) in [5.41, 5.74) is -1.00. The maximum absolute atomic E-state index is 12.6. The summed E-state index contributed by atoms with van der Waals surface area (Å²) in [5.74, 6) is 1.77. The Hall–Kier alpha value is -0.970. The highest BCUT2D eigenvalue weighted by Crippen LogP contribution is 2.24. The molecule has 112 valence electrons. The molecule has 1 aromatic carbocycles. The van der Waals surface area contributed by atoms with E-state index in [9.17, 15) is 9.59 Å². The fourth-order valence-electron chi connectivity index (χ4n) is 1.55. The smallest absolute Gasteiger partial charge is 0.418 e. The zero-order valence-electron chi connectivity index (χ0n) is 11.3. The normalized spacial score (nSPS) is 10.7. The Kier molecular flexibility index (Phi) is 6.32. The van der Waals surface area contributed by atoms with Gasteiger partial charge in [0.15, 0.2) is 0 Å². The second kappa shape index (κ2) is 7.34. The monoisotopic (exact) mass is 439 g/mol. The second-order valence-corrected chi connectivity index (χ2v) is 6.02. The van der Waals surface area contributed by atoms with Gasteiger partial charge in [-0.2, -0.15) is 0 Å². The van der Waals surface area contributed by atoms with Gasteiger partial charge in [0.2, 0.25) is 0 Å². The lowest BCUT2D eigenvalue weighted by molar-refractivity contribution is 0.0579. The number of carbonyl (C=O) groups is 2. The molecule has 0 unspecified atom stereocenters. The topological polar surface area (TPSA) is 46.6 Å². The first kappa shape index (κ1) is 18.1. The molecule has 0 aliphatic rings. The predicted molar refractivity (Wildman–Crippen MR) is 90.9 cm³/mol. The first-order valence-electron chi connectivity index (χ1n) is 5.74. The quantitative estimate of drug-likeness (QED) is 0.399. The van der Waals surface area contributed by atoms with Gasteiger partial charge in [-0.3, -0.25) is 4.79 Å². The molecular weight excluding hydrogens is 428 g/mol. The molecule has 0 saturated carbocycles. The van der Waals surface area contributed by atoms with Gasteiger partial charge < -0.3 is 4.74 Å². The van der Waals surface area contributed by atoms with Gasteiger partial charge in [-0.15, -0.1) is 6.42 Å². The van der Waals surface area contributed by atoms with Crippen molar-refractivity contribution >= 4 is 57.8 Å². The Morgan fingerprint density at radius 3 is 2.29 bits per heavy atom. The van der Waals surface area contributed by atoms with E-state index in [1.807, 2.05) is 22.6 Å². The molecule has 0 radical (unpaired) electrons. The lowest BCUT2D eigenvalue weighted by Crippen LogP contribution is -2.50. The second-order valence-electron chi connectivity index (χ2n) is 4.52. The lowest BCUT2D eigenvalue weighted by atomic mass is 10.0. The molecule has 0 bridgehead atoms. The van der Waals surface area contributed by atoms with Crippen molar-refractivity contribution in [2.24, 2.45) is 0 Å². The molecular formula is C14H12Cl2INO3. The van der Waals surface area contributed by atoms with Gasteiger partial charge in [0, 0.05) is 15.6 Å². The molecule has 2 amide bonds. The Bertz CT molecular complexity index is 590. The highest BCUT2D eigenvalue weighted by Gasteiger charge is 2.36. The summed E-state index contributed by atoms with van der Waals surface area (Å²) in [6.45, 7) is 3.12. The van der Waals surface area contributed by atoms with E-state index in [1.54, 1.807) is 13.8 Å². The molecule has 0 heterocycles. The zero-order valence-corrected chi connectivity index (χ0v) is 15.0. The summed E-state index contributed by atoms with van der Waals surface area (Å²) in [5, 5.41) is 0.568. The van der Waals surface area contributed by atoms with E-state index < -0.39 is 17.5 Å². The van der Waals surface area contributed by atoms with Crippen LogP contribution in [-0.2, 0) is 4.74 Å². The van der Waals surface area contributed by atoms with E-state index in [0.29, 0.717) is 0 Å². The van der Waals surface area contributed by atoms with Crippen LogP contribution in [0.25, 0.3) is 0 Å². The number of benzene rings is 1. The maximum atomic E-state index is 12.6. The molecule has 0 aromatic heterocycles. The van der Waals surface area contributed by atoms with Crippen molar-refractivity contribution in [2.75, 3.05) is 4.61 Å². The van der Waals surface area contributed by atoms with Gasteiger partial charge in [-0.05, 0) is 54.6 Å². The van der Waals surface area contributed by atoms with Gasteiger partial charge in [-0.1, -0.05) is 29.1 Å². The molecule has 0 fully saturated rings. The number of terminal acetylenes is 1. The van der Waals surface area contributed by atoms with Crippen LogP contribution < -0.4 is 0 Å². The summed E-state index contributed by atoms with van der Waals surface area (Å²) < 4.78 is 4.98. The average molecular weight is 440 g/mol. The van der Waals surface area contributed by atoms with Crippen molar-refractivity contribution in [3.8, 4) is 12.3 Å². The Morgan fingerprint density at radius 1 is 1.33 bits per heavy atom. The standard InChI is InChI=1S/C14H12Cl2INO3/c1-4-14(2,3)18(13(20)21-8-17)12(19)9-5-10(15)7-11(16)6-9/h1,5-7H,8H2,2-3H3. The molecule has 1 rings (SSSR count). The molecule has 0 atom stereocenters. The van der Waals surface area contributed by atoms with Crippen molar-refractivity contribution in [3.05, 3.63) is 33.8 Å². The Balaban J connectivity index is 3.29. The average Bonchev–Trinajstić information content (AvgIpc) is 2.37. The number of nitrogens with zero attached hydrogens (tertiary/aromatic N) is 1. The van der Waals surface area contributed by atoms with Crippen LogP contribution in [0.5, 0.6) is 0 Å². The fraction of sp³-hybridized carbons (Fsp3) is 0.286. The molecule has 0 spiro atoms. The number of hydrogen-bond donors (Lipinski definition) is 0. The number of alkyl halides is 1. The van der Waals surface area contributed by atoms with Crippen LogP contribution >= 0.6 is 45.8 Å². The Morgan fingerprint density at radius 2 is 1.86 bits per heavy atom. The van der Waals surface area contributed by atoms with Gasteiger partial charge in [-0.25, -0.2) is 9.69 Å². The van der Waals surface area contributed by atoms with Crippen molar-refractivity contribution in [2.45, 2.75) is 19.4 Å². The summed E-state index contributed by atoms with van der Waals surface area (Å²) in [7, 11) is 0. The van der Waals surface area contributed by atoms with E-state index in [0.717, 1.165) is 4.90 Å². The predicted octanol–water partition coefficient (Wildman–Crippen LogP) is 4.38. The van der Waals surface area contributed by atoms with E-state index in [1.165, 1.54) is 18.2 Å². The summed E-state index contributed by atoms with van der Waals surface area (Å²) in [6.07, 6.45) is 4.59. The fourth-order valence-corrected chi connectivity index (χ4v) is 2.34. The molecule has 7 heteroatoms. The van der Waals surface area contributed by atoms with Crippen LogP contribution in [0.15, 0.2) is 18.2 Å². The highest BCUT2D eigenvalue weighted by atomic mass is 127. The minimum absolute atomic E-state index is 0.0946. The Labute approximate surface area is 146 Å². The number of rotatable bonds is 3. The number of ether oxygens (including phenoxy) is 1. The molecule has 1 aromatic rings. The molecule has 4 nitrogen and oxygen atoms in total. The first-order valence-corrected chi connectivity index (χ1v) is 8.02. The third kappa shape index (κ3) is 4.50. The third-order valence-electron chi connectivity index (χ3n) is 2.59. The van der Waals surface area contributed by atoms with Gasteiger partial charge in [0.05, 0.1) is 0 Å². The number of hydrogen-bond acceptors (Lipinski definition) is 3. The molecule has 0 aliphatic carbocycles. The minimum atomic E-state index is -1.16. The van der Waals surface area contributed by atoms with Crippen molar-refractivity contribution in [3.63, 3.8) is 0 Å². The highest BCUT2D eigenvalue weighted by molar-refractivity contribution is 14.1. The maximum Gasteiger partial charge on any atom is 0.418 e. The third-order valence-corrected chi connectivity index (χ3v) is 3.33. The zero-order chi connectivity index (χ0) is 16.2. The van der Waals surface area contributed by atoms with Crippen LogP contribution in [-0.4, -0.2) is 27.1 Å². The van der Waals surface area contributed by atoms with Crippen LogP contribution in [0, 0.1) is 12.3 Å². The first-order chi connectivity index (χ1) is 9.72. The lowest BCUT2D eigenvalue weighted by Gasteiger charge is -2.31.